The van der Waals surface area contributed by atoms with Crippen molar-refractivity contribution >= 4 is 22.8 Å². The lowest BCUT2D eigenvalue weighted by Crippen LogP contribution is -2.41. The van der Waals surface area contributed by atoms with E-state index >= 15 is 0 Å². The van der Waals surface area contributed by atoms with Crippen LogP contribution >= 0.6 is 0 Å². The van der Waals surface area contributed by atoms with Crippen molar-refractivity contribution in [3.8, 4) is 5.75 Å². The van der Waals surface area contributed by atoms with Crippen LogP contribution in [-0.4, -0.2) is 62.7 Å². The van der Waals surface area contributed by atoms with E-state index in [-0.39, 0.29) is 42.5 Å². The highest BCUT2D eigenvalue weighted by atomic mass is 19.1. The molecule has 1 aromatic carbocycles. The van der Waals surface area contributed by atoms with Crippen LogP contribution < -0.4 is 10.9 Å². The number of nitrogens with zero attached hydrogens (tertiary/aromatic N) is 3. The largest absolute Gasteiger partial charge is 0.505 e. The second-order valence-electron chi connectivity index (χ2n) is 10.2. The van der Waals surface area contributed by atoms with E-state index in [0.717, 1.165) is 18.4 Å². The predicted molar refractivity (Wildman–Crippen MR) is 136 cm³/mol. The molecule has 2 aromatic heterocycles. The van der Waals surface area contributed by atoms with Crippen LogP contribution in [0.1, 0.15) is 48.2 Å². The van der Waals surface area contributed by atoms with Gasteiger partial charge in [-0.25, -0.2) is 4.39 Å². The van der Waals surface area contributed by atoms with Gasteiger partial charge in [-0.1, -0.05) is 26.0 Å². The van der Waals surface area contributed by atoms with Gasteiger partial charge < -0.3 is 20.4 Å². The van der Waals surface area contributed by atoms with Gasteiger partial charge in [0, 0.05) is 37.9 Å². The molecular formula is C27H31FN4O5. The van der Waals surface area contributed by atoms with Gasteiger partial charge in [-0.3, -0.25) is 23.9 Å². The van der Waals surface area contributed by atoms with Gasteiger partial charge in [-0.2, -0.15) is 0 Å². The van der Waals surface area contributed by atoms with Crippen LogP contribution in [0.25, 0.3) is 11.0 Å². The fourth-order valence-corrected chi connectivity index (χ4v) is 4.31. The van der Waals surface area contributed by atoms with E-state index in [0.29, 0.717) is 25.1 Å². The number of likely N-dealkylation sites (tertiary alicyclic amines) is 1. The zero-order valence-corrected chi connectivity index (χ0v) is 21.0. The molecule has 0 aliphatic carbocycles. The average molecular weight is 511 g/mol. The van der Waals surface area contributed by atoms with Gasteiger partial charge in [0.15, 0.2) is 5.75 Å². The van der Waals surface area contributed by atoms with E-state index in [4.69, 9.17) is 0 Å². The second-order valence-corrected chi connectivity index (χ2v) is 10.2. The summed E-state index contributed by atoms with van der Waals surface area (Å²) < 4.78 is 14.5. The Hall–Kier alpha value is -3.79. The maximum atomic E-state index is 13.5. The molecule has 0 saturated carbocycles. The number of aliphatic hydroxyl groups is 1. The van der Waals surface area contributed by atoms with Gasteiger partial charge in [0.25, 0.3) is 11.5 Å². The fraction of sp³-hybridized carbons (Fsp3) is 0.407. The molecule has 9 nitrogen and oxygen atoms in total. The molecule has 2 amide bonds. The Balaban J connectivity index is 1.78. The molecule has 196 valence electrons. The molecule has 0 spiro atoms. The molecule has 1 fully saturated rings. The number of hydrogen-bond donors (Lipinski definition) is 3. The molecule has 0 atom stereocenters. The number of aromatic nitrogens is 2. The van der Waals surface area contributed by atoms with Crippen molar-refractivity contribution in [3.05, 3.63) is 69.4 Å². The number of aromatic hydroxyl groups is 1. The number of hydrogen-bond acceptors (Lipinski definition) is 6. The highest BCUT2D eigenvalue weighted by molar-refractivity contribution is 6.01. The number of halogens is 1. The number of carbonyl (C=O) groups excluding carboxylic acids is 2. The van der Waals surface area contributed by atoms with Crippen molar-refractivity contribution in [3.63, 3.8) is 0 Å². The first-order chi connectivity index (χ1) is 17.6. The van der Waals surface area contributed by atoms with E-state index in [1.807, 2.05) is 0 Å². The van der Waals surface area contributed by atoms with E-state index in [2.05, 4.69) is 10.3 Å². The highest BCUT2D eigenvalue weighted by Gasteiger charge is 2.27. The molecule has 0 unspecified atom stereocenters. The lowest BCUT2D eigenvalue weighted by molar-refractivity contribution is -0.130. The average Bonchev–Trinajstić information content (AvgIpc) is 3.42. The summed E-state index contributed by atoms with van der Waals surface area (Å²) in [6.45, 7) is 4.25. The van der Waals surface area contributed by atoms with Crippen LogP contribution in [0.5, 0.6) is 5.75 Å². The molecular weight excluding hydrogens is 479 g/mol. The van der Waals surface area contributed by atoms with Crippen molar-refractivity contribution in [2.75, 3.05) is 26.2 Å². The maximum absolute atomic E-state index is 13.5. The lowest BCUT2D eigenvalue weighted by Gasteiger charge is -2.22. The van der Waals surface area contributed by atoms with Crippen LogP contribution in [0.15, 0.2) is 41.3 Å². The minimum Gasteiger partial charge on any atom is -0.505 e. The van der Waals surface area contributed by atoms with E-state index in [9.17, 15) is 29.0 Å². The van der Waals surface area contributed by atoms with Crippen LogP contribution in [0.3, 0.4) is 0 Å². The Bertz CT molecular complexity index is 1380. The van der Waals surface area contributed by atoms with Gasteiger partial charge in [-0.15, -0.1) is 0 Å². The lowest BCUT2D eigenvalue weighted by atomic mass is 9.95. The zero-order chi connectivity index (χ0) is 26.7. The number of rotatable bonds is 8. The summed E-state index contributed by atoms with van der Waals surface area (Å²) >= 11 is 0. The smallest absolute Gasteiger partial charge is 0.268 e. The van der Waals surface area contributed by atoms with Crippen LogP contribution in [0.2, 0.25) is 0 Å². The molecule has 4 rings (SSSR count). The van der Waals surface area contributed by atoms with Gasteiger partial charge in [0.1, 0.15) is 23.4 Å². The van der Waals surface area contributed by atoms with Crippen molar-refractivity contribution < 1.29 is 24.2 Å². The van der Waals surface area contributed by atoms with Crippen molar-refractivity contribution in [1.82, 2.24) is 19.8 Å². The summed E-state index contributed by atoms with van der Waals surface area (Å²) in [7, 11) is 0. The number of fused-ring (bicyclic) bond motifs is 1. The Kier molecular flexibility index (Phi) is 7.58. The Morgan fingerprint density at radius 2 is 1.81 bits per heavy atom. The first-order valence-corrected chi connectivity index (χ1v) is 12.3. The molecule has 3 N–H and O–H groups in total. The molecule has 1 saturated heterocycles. The SMILES string of the molecule is CC(C)(CO)CNC(=O)c1c(O)c2ncc(Cc3ccc(F)cc3)cc2n(CC(=O)N2CCCC2)c1=O. The molecule has 3 aromatic rings. The summed E-state index contributed by atoms with van der Waals surface area (Å²) in [4.78, 5) is 45.6. The Morgan fingerprint density at radius 1 is 1.14 bits per heavy atom. The topological polar surface area (TPSA) is 125 Å². The van der Waals surface area contributed by atoms with Crippen molar-refractivity contribution in [1.29, 1.82) is 0 Å². The second kappa shape index (κ2) is 10.7. The summed E-state index contributed by atoms with van der Waals surface area (Å²) in [5.74, 6) is -2.00. The number of pyridine rings is 2. The van der Waals surface area contributed by atoms with Gasteiger partial charge in [-0.05, 0) is 48.6 Å². The number of aliphatic hydroxyl groups excluding tert-OH is 1. The molecule has 1 aliphatic heterocycles. The molecule has 1 aliphatic rings. The number of carbonyl (C=O) groups is 2. The van der Waals surface area contributed by atoms with Gasteiger partial charge in [0.2, 0.25) is 5.91 Å². The third kappa shape index (κ3) is 5.80. The number of nitrogens with one attached hydrogen (secondary N) is 1. The maximum Gasteiger partial charge on any atom is 0.268 e. The fourth-order valence-electron chi connectivity index (χ4n) is 4.31. The Labute approximate surface area is 213 Å². The van der Waals surface area contributed by atoms with Crippen molar-refractivity contribution in [2.45, 2.75) is 39.7 Å². The summed E-state index contributed by atoms with van der Waals surface area (Å²) in [6, 6.07) is 7.64. The quantitative estimate of drug-likeness (QED) is 0.427. The predicted octanol–water partition coefficient (Wildman–Crippen LogP) is 2.20. The van der Waals surface area contributed by atoms with Crippen LogP contribution in [0, 0.1) is 11.2 Å². The van der Waals surface area contributed by atoms with E-state index in [1.165, 1.54) is 22.9 Å². The first-order valence-electron chi connectivity index (χ1n) is 12.3. The molecule has 3 heterocycles. The first kappa shape index (κ1) is 26.3. The number of benzene rings is 1. The minimum absolute atomic E-state index is 0.0169. The summed E-state index contributed by atoms with van der Waals surface area (Å²) in [6.07, 6.45) is 3.67. The number of amides is 2. The standard InChI is InChI=1S/C27H31FN4O5/c1-27(2,16-33)15-30-25(36)22-24(35)23-20(32(26(22)37)14-21(34)31-9-3-4-10-31)12-18(13-29-23)11-17-5-7-19(28)8-6-17/h5-8,12-13,33,35H,3-4,9-11,14-16H2,1-2H3,(H,30,36). The van der Waals surface area contributed by atoms with Gasteiger partial charge >= 0.3 is 0 Å². The zero-order valence-electron chi connectivity index (χ0n) is 21.0. The third-order valence-electron chi connectivity index (χ3n) is 6.59. The van der Waals surface area contributed by atoms with E-state index < -0.39 is 28.2 Å². The van der Waals surface area contributed by atoms with Crippen molar-refractivity contribution in [2.24, 2.45) is 5.41 Å². The molecule has 37 heavy (non-hydrogen) atoms. The van der Waals surface area contributed by atoms with Crippen LogP contribution in [-0.2, 0) is 17.8 Å². The monoisotopic (exact) mass is 510 g/mol. The van der Waals surface area contributed by atoms with E-state index in [1.54, 1.807) is 36.9 Å². The Morgan fingerprint density at radius 3 is 2.46 bits per heavy atom. The third-order valence-corrected chi connectivity index (χ3v) is 6.59. The highest BCUT2D eigenvalue weighted by Crippen LogP contribution is 2.27. The molecule has 10 heteroatoms. The van der Waals surface area contributed by atoms with Crippen LogP contribution in [0.4, 0.5) is 4.39 Å². The molecule has 0 radical (unpaired) electrons. The summed E-state index contributed by atoms with van der Waals surface area (Å²) in [5.41, 5.74) is -0.212. The van der Waals surface area contributed by atoms with Gasteiger partial charge in [0.05, 0.1) is 5.52 Å². The molecule has 0 bridgehead atoms. The normalized spacial score (nSPS) is 13.8. The summed E-state index contributed by atoms with van der Waals surface area (Å²) in [5, 5.41) is 23.0. The minimum atomic E-state index is -0.814.